The summed E-state index contributed by atoms with van der Waals surface area (Å²) >= 11 is 6.40. The highest BCUT2D eigenvalue weighted by atomic mass is 79.9. The van der Waals surface area contributed by atoms with Gasteiger partial charge in [-0.25, -0.2) is 4.98 Å². The first-order chi connectivity index (χ1) is 12.2. The lowest BCUT2D eigenvalue weighted by Crippen LogP contribution is -2.11. The molecule has 0 atom stereocenters. The molecule has 0 unspecified atom stereocenters. The third-order valence-electron chi connectivity index (χ3n) is 3.35. The lowest BCUT2D eigenvalue weighted by Gasteiger charge is -1.96. The molecule has 0 saturated heterocycles. The van der Waals surface area contributed by atoms with E-state index < -0.39 is 0 Å². The van der Waals surface area contributed by atoms with Gasteiger partial charge >= 0.3 is 0 Å². The van der Waals surface area contributed by atoms with E-state index in [1.54, 1.807) is 17.4 Å². The van der Waals surface area contributed by atoms with Crippen LogP contribution in [0.2, 0.25) is 0 Å². The first kappa shape index (κ1) is 16.2. The lowest BCUT2D eigenvalue weighted by molar-refractivity contribution is 0.101. The molecule has 4 rings (SSSR count). The van der Waals surface area contributed by atoms with Crippen LogP contribution < -0.4 is 5.32 Å². The maximum Gasteiger partial charge on any atom is 0.279 e. The summed E-state index contributed by atoms with van der Waals surface area (Å²) in [5.41, 5.74) is 1.92. The van der Waals surface area contributed by atoms with Crippen molar-refractivity contribution in [3.63, 3.8) is 0 Å². The fourth-order valence-corrected chi connectivity index (χ4v) is 4.31. The fourth-order valence-electron chi connectivity index (χ4n) is 2.18. The van der Waals surface area contributed by atoms with Crippen molar-refractivity contribution in [2.24, 2.45) is 0 Å². The molecule has 0 radical (unpaired) electrons. The number of halogens is 1. The van der Waals surface area contributed by atoms with E-state index in [0.29, 0.717) is 10.9 Å². The minimum atomic E-state index is -0.348. The van der Waals surface area contributed by atoms with Crippen LogP contribution in [-0.2, 0) is 0 Å². The highest BCUT2D eigenvalue weighted by Gasteiger charge is 2.16. The van der Waals surface area contributed by atoms with Gasteiger partial charge in [-0.05, 0) is 28.1 Å². The van der Waals surface area contributed by atoms with Crippen molar-refractivity contribution in [3.05, 3.63) is 63.4 Å². The van der Waals surface area contributed by atoms with Crippen molar-refractivity contribution in [3.8, 4) is 21.9 Å². The molecule has 4 aromatic rings. The summed E-state index contributed by atoms with van der Waals surface area (Å²) in [5, 5.41) is 9.03. The number of thiazole rings is 1. The van der Waals surface area contributed by atoms with Crippen LogP contribution in [0.15, 0.2) is 62.2 Å². The normalized spacial score (nSPS) is 10.8. The maximum atomic E-state index is 12.3. The number of amides is 1. The second-order valence-corrected chi connectivity index (χ2v) is 8.36. The smallest absolute Gasteiger partial charge is 0.279 e. The zero-order valence-electron chi connectivity index (χ0n) is 12.6. The van der Waals surface area contributed by atoms with Crippen molar-refractivity contribution < 1.29 is 9.32 Å². The predicted molar refractivity (Wildman–Crippen MR) is 103 cm³/mol. The average molecular weight is 432 g/mol. The van der Waals surface area contributed by atoms with E-state index in [-0.39, 0.29) is 11.6 Å². The molecule has 8 heteroatoms. The Labute approximate surface area is 159 Å². The highest BCUT2D eigenvalue weighted by Crippen LogP contribution is 2.33. The molecule has 0 spiro atoms. The quantitative estimate of drug-likeness (QED) is 0.460. The molecule has 1 aromatic carbocycles. The number of nitrogens with zero attached hydrogens (tertiary/aromatic N) is 2. The monoisotopic (exact) mass is 431 g/mol. The summed E-state index contributed by atoms with van der Waals surface area (Å²) in [5.74, 6) is 0.202. The van der Waals surface area contributed by atoms with Gasteiger partial charge in [-0.2, -0.15) is 0 Å². The lowest BCUT2D eigenvalue weighted by atomic mass is 10.1. The highest BCUT2D eigenvalue weighted by molar-refractivity contribution is 9.11. The summed E-state index contributed by atoms with van der Waals surface area (Å²) in [7, 11) is 0. The Morgan fingerprint density at radius 3 is 2.76 bits per heavy atom. The molecular weight excluding hydrogens is 422 g/mol. The molecule has 0 fully saturated rings. The van der Waals surface area contributed by atoms with Gasteiger partial charge in [0, 0.05) is 17.0 Å². The Morgan fingerprint density at radius 1 is 1.16 bits per heavy atom. The molecule has 3 heterocycles. The molecular formula is C17H10BrN3O2S2. The van der Waals surface area contributed by atoms with E-state index in [4.69, 9.17) is 4.52 Å². The third kappa shape index (κ3) is 3.55. The fraction of sp³-hybridized carbons (Fsp3) is 0. The van der Waals surface area contributed by atoms with Crippen molar-refractivity contribution in [1.29, 1.82) is 0 Å². The van der Waals surface area contributed by atoms with E-state index in [9.17, 15) is 4.79 Å². The van der Waals surface area contributed by atoms with Crippen molar-refractivity contribution >= 4 is 49.6 Å². The minimum Gasteiger partial charge on any atom is -0.355 e. The first-order valence-corrected chi connectivity index (χ1v) is 9.73. The van der Waals surface area contributed by atoms with Gasteiger partial charge in [-0.3, -0.25) is 10.1 Å². The number of aromatic nitrogens is 2. The molecule has 0 aliphatic heterocycles. The topological polar surface area (TPSA) is 68.0 Å². The first-order valence-electron chi connectivity index (χ1n) is 7.24. The number of thiophene rings is 1. The summed E-state index contributed by atoms with van der Waals surface area (Å²) in [6.45, 7) is 0. The van der Waals surface area contributed by atoms with Gasteiger partial charge in [0.15, 0.2) is 16.6 Å². The van der Waals surface area contributed by atoms with Gasteiger partial charge < -0.3 is 4.52 Å². The largest absolute Gasteiger partial charge is 0.355 e. The molecule has 5 nitrogen and oxygen atoms in total. The van der Waals surface area contributed by atoms with Crippen LogP contribution in [-0.4, -0.2) is 16.0 Å². The summed E-state index contributed by atoms with van der Waals surface area (Å²) in [6.07, 6.45) is 0. The molecule has 124 valence electrons. The van der Waals surface area contributed by atoms with Crippen molar-refractivity contribution in [2.75, 3.05) is 5.32 Å². The van der Waals surface area contributed by atoms with Crippen LogP contribution in [0.1, 0.15) is 10.5 Å². The van der Waals surface area contributed by atoms with Gasteiger partial charge in [0.2, 0.25) is 0 Å². The number of nitrogens with one attached hydrogen (secondary N) is 1. The van der Waals surface area contributed by atoms with Gasteiger partial charge in [-0.1, -0.05) is 35.5 Å². The SMILES string of the molecule is O=C(Nc1nc(-c2ccc(Br)s2)cs1)c1cc(-c2ccccc2)on1. The Morgan fingerprint density at radius 2 is 2.00 bits per heavy atom. The van der Waals surface area contributed by atoms with Crippen LogP contribution in [0.3, 0.4) is 0 Å². The average Bonchev–Trinajstić information content (AvgIpc) is 3.35. The third-order valence-corrected chi connectivity index (χ3v) is 5.76. The van der Waals surface area contributed by atoms with Gasteiger partial charge in [0.05, 0.1) is 14.4 Å². The Kier molecular flexibility index (Phi) is 4.48. The van der Waals surface area contributed by atoms with Crippen molar-refractivity contribution in [2.45, 2.75) is 0 Å². The van der Waals surface area contributed by atoms with Gasteiger partial charge in [-0.15, -0.1) is 22.7 Å². The van der Waals surface area contributed by atoms with Crippen LogP contribution >= 0.6 is 38.6 Å². The van der Waals surface area contributed by atoms with Crippen molar-refractivity contribution in [1.82, 2.24) is 10.1 Å². The zero-order chi connectivity index (χ0) is 17.2. The van der Waals surface area contributed by atoms with E-state index >= 15 is 0 Å². The molecule has 1 N–H and O–H groups in total. The van der Waals surface area contributed by atoms with Crippen LogP contribution in [0.5, 0.6) is 0 Å². The predicted octanol–water partition coefficient (Wildman–Crippen LogP) is 5.54. The number of anilines is 1. The van der Waals surface area contributed by atoms with E-state index in [1.807, 2.05) is 47.8 Å². The van der Waals surface area contributed by atoms with E-state index in [1.165, 1.54) is 11.3 Å². The molecule has 25 heavy (non-hydrogen) atoms. The van der Waals surface area contributed by atoms with Gasteiger partial charge in [0.1, 0.15) is 0 Å². The molecule has 1 amide bonds. The Balaban J connectivity index is 1.49. The second-order valence-electron chi connectivity index (χ2n) is 5.04. The number of hydrogen-bond acceptors (Lipinski definition) is 6. The van der Waals surface area contributed by atoms with Crippen LogP contribution in [0, 0.1) is 0 Å². The summed E-state index contributed by atoms with van der Waals surface area (Å²) < 4.78 is 6.29. The summed E-state index contributed by atoms with van der Waals surface area (Å²) in [6, 6.07) is 15.1. The number of rotatable bonds is 4. The second kappa shape index (κ2) is 6.91. The van der Waals surface area contributed by atoms with E-state index in [2.05, 4.69) is 31.4 Å². The number of hydrogen-bond donors (Lipinski definition) is 1. The number of carbonyl (C=O) groups excluding carboxylic acids is 1. The number of benzene rings is 1. The number of carbonyl (C=O) groups is 1. The van der Waals surface area contributed by atoms with E-state index in [0.717, 1.165) is 19.9 Å². The molecule has 0 aliphatic rings. The zero-order valence-corrected chi connectivity index (χ0v) is 15.8. The molecule has 0 aliphatic carbocycles. The molecule has 0 bridgehead atoms. The van der Waals surface area contributed by atoms with Crippen LogP contribution in [0.4, 0.5) is 5.13 Å². The van der Waals surface area contributed by atoms with Crippen LogP contribution in [0.25, 0.3) is 21.9 Å². The van der Waals surface area contributed by atoms with Gasteiger partial charge in [0.25, 0.3) is 5.91 Å². The Bertz CT molecular complexity index is 1020. The maximum absolute atomic E-state index is 12.3. The molecule has 3 aromatic heterocycles. The standard InChI is InChI=1S/C17H10BrN3O2S2/c18-15-7-6-14(25-15)12-9-24-17(19-12)20-16(22)11-8-13(23-21-11)10-4-2-1-3-5-10/h1-9H,(H,19,20,22). The molecule has 0 saturated carbocycles. The minimum absolute atomic E-state index is 0.217. The Hall–Kier alpha value is -2.29. The summed E-state index contributed by atoms with van der Waals surface area (Å²) in [4.78, 5) is 17.8.